The van der Waals surface area contributed by atoms with Crippen LogP contribution in [0.5, 0.6) is 5.75 Å². The summed E-state index contributed by atoms with van der Waals surface area (Å²) in [7, 11) is 1.71. The number of likely N-dealkylation sites (tertiary alicyclic amines) is 1. The van der Waals surface area contributed by atoms with Crippen LogP contribution in [0.15, 0.2) is 12.1 Å². The van der Waals surface area contributed by atoms with Crippen molar-refractivity contribution in [2.75, 3.05) is 26.8 Å². The lowest BCUT2D eigenvalue weighted by atomic mass is 10.1. The Morgan fingerprint density at radius 1 is 1.36 bits per heavy atom. The molecular formula is C15H18Cl2N2O3. The van der Waals surface area contributed by atoms with Crippen LogP contribution in [0.2, 0.25) is 10.0 Å². The van der Waals surface area contributed by atoms with Crippen LogP contribution in [0.3, 0.4) is 0 Å². The predicted molar refractivity (Wildman–Crippen MR) is 84.8 cm³/mol. The zero-order valence-corrected chi connectivity index (χ0v) is 13.8. The van der Waals surface area contributed by atoms with Gasteiger partial charge >= 0.3 is 6.03 Å². The number of carbonyl (C=O) groups excluding carboxylic acids is 1. The van der Waals surface area contributed by atoms with E-state index in [0.717, 1.165) is 18.4 Å². The van der Waals surface area contributed by atoms with Gasteiger partial charge < -0.3 is 19.7 Å². The van der Waals surface area contributed by atoms with Crippen molar-refractivity contribution >= 4 is 29.2 Å². The van der Waals surface area contributed by atoms with Gasteiger partial charge in [0.1, 0.15) is 17.4 Å². The largest absolute Gasteiger partial charge is 0.489 e. The molecule has 5 nitrogen and oxygen atoms in total. The van der Waals surface area contributed by atoms with Gasteiger partial charge in [0, 0.05) is 25.8 Å². The highest BCUT2D eigenvalue weighted by Gasteiger charge is 2.31. The number of nitrogens with one attached hydrogen (secondary N) is 1. The van der Waals surface area contributed by atoms with Gasteiger partial charge in [-0.15, -0.1) is 0 Å². The van der Waals surface area contributed by atoms with Gasteiger partial charge in [0.15, 0.2) is 0 Å². The molecule has 0 spiro atoms. The summed E-state index contributed by atoms with van der Waals surface area (Å²) in [5.74, 6) is 0.567. The number of halogens is 2. The molecular weight excluding hydrogens is 327 g/mol. The van der Waals surface area contributed by atoms with Crippen molar-refractivity contribution in [2.24, 2.45) is 0 Å². The molecule has 3 rings (SSSR count). The van der Waals surface area contributed by atoms with Crippen molar-refractivity contribution in [1.82, 2.24) is 10.2 Å². The maximum absolute atomic E-state index is 12.4. The number of ether oxygens (including phenoxy) is 2. The van der Waals surface area contributed by atoms with Crippen molar-refractivity contribution in [2.45, 2.75) is 25.0 Å². The Kier molecular flexibility index (Phi) is 4.66. The van der Waals surface area contributed by atoms with E-state index in [2.05, 4.69) is 5.32 Å². The van der Waals surface area contributed by atoms with Crippen LogP contribution >= 0.6 is 23.2 Å². The summed E-state index contributed by atoms with van der Waals surface area (Å²) < 4.78 is 10.9. The second kappa shape index (κ2) is 6.52. The molecule has 1 aromatic carbocycles. The topological polar surface area (TPSA) is 50.8 Å². The molecule has 0 unspecified atom stereocenters. The van der Waals surface area contributed by atoms with Crippen LogP contribution in [0.25, 0.3) is 0 Å². The van der Waals surface area contributed by atoms with Crippen LogP contribution in [-0.2, 0) is 4.74 Å². The first-order valence-electron chi connectivity index (χ1n) is 7.29. The molecule has 0 saturated carbocycles. The van der Waals surface area contributed by atoms with Gasteiger partial charge in [-0.1, -0.05) is 29.3 Å². The Bertz CT molecular complexity index is 574. The lowest BCUT2D eigenvalue weighted by Crippen LogP contribution is -2.47. The summed E-state index contributed by atoms with van der Waals surface area (Å²) >= 11 is 12.1. The molecule has 1 aromatic rings. The molecule has 1 atom stereocenters. The highest BCUT2D eigenvalue weighted by molar-refractivity contribution is 6.43. The van der Waals surface area contributed by atoms with E-state index < -0.39 is 0 Å². The molecule has 2 heterocycles. The molecule has 22 heavy (non-hydrogen) atoms. The normalized spacial score (nSPS) is 21.4. The number of urea groups is 1. The van der Waals surface area contributed by atoms with Crippen molar-refractivity contribution in [3.05, 3.63) is 27.7 Å². The minimum Gasteiger partial charge on any atom is -0.489 e. The molecule has 2 amide bonds. The fourth-order valence-corrected chi connectivity index (χ4v) is 3.25. The molecule has 0 radical (unpaired) electrons. The molecule has 1 saturated heterocycles. The first kappa shape index (κ1) is 15.7. The lowest BCUT2D eigenvalue weighted by Gasteiger charge is -2.32. The molecule has 1 fully saturated rings. The molecule has 2 aliphatic heterocycles. The summed E-state index contributed by atoms with van der Waals surface area (Å²) in [4.78, 5) is 14.2. The van der Waals surface area contributed by atoms with Crippen LogP contribution in [0.1, 0.15) is 24.4 Å². The van der Waals surface area contributed by atoms with Crippen LogP contribution in [-0.4, -0.2) is 43.8 Å². The van der Waals surface area contributed by atoms with Crippen molar-refractivity contribution in [1.29, 1.82) is 0 Å². The maximum atomic E-state index is 12.4. The van der Waals surface area contributed by atoms with E-state index >= 15 is 0 Å². The molecule has 0 bridgehead atoms. The van der Waals surface area contributed by atoms with Crippen LogP contribution in [0.4, 0.5) is 4.79 Å². The van der Waals surface area contributed by atoms with E-state index in [1.807, 2.05) is 11.0 Å². The van der Waals surface area contributed by atoms with Gasteiger partial charge in [-0.3, -0.25) is 0 Å². The number of nitrogens with zero attached hydrogens (tertiary/aromatic N) is 1. The van der Waals surface area contributed by atoms with Gasteiger partial charge in [-0.2, -0.15) is 0 Å². The quantitative estimate of drug-likeness (QED) is 0.895. The fourth-order valence-electron chi connectivity index (χ4n) is 2.88. The van der Waals surface area contributed by atoms with Crippen LogP contribution in [0, 0.1) is 0 Å². The number of amides is 2. The predicted octanol–water partition coefficient (Wildman–Crippen LogP) is 3.25. The second-order valence-corrected chi connectivity index (χ2v) is 6.30. The van der Waals surface area contributed by atoms with Gasteiger partial charge in [-0.25, -0.2) is 4.79 Å². The Morgan fingerprint density at radius 2 is 2.09 bits per heavy atom. The van der Waals surface area contributed by atoms with Crippen molar-refractivity contribution in [3.8, 4) is 5.75 Å². The zero-order valence-electron chi connectivity index (χ0n) is 12.3. The summed E-state index contributed by atoms with van der Waals surface area (Å²) in [5.41, 5.74) is 0.870. The van der Waals surface area contributed by atoms with Crippen molar-refractivity contribution in [3.63, 3.8) is 0 Å². The van der Waals surface area contributed by atoms with E-state index in [-0.39, 0.29) is 18.2 Å². The van der Waals surface area contributed by atoms with E-state index in [1.54, 1.807) is 13.2 Å². The number of hydrogen-bond donors (Lipinski definition) is 1. The smallest absolute Gasteiger partial charge is 0.318 e. The van der Waals surface area contributed by atoms with Gasteiger partial charge in [0.05, 0.1) is 17.2 Å². The summed E-state index contributed by atoms with van der Waals surface area (Å²) in [5, 5.41) is 3.86. The standard InChI is InChI=1S/C15H18Cl2N2O3/c1-21-9-4-6-19(7-5-9)15(20)18-12-8-22-14-10(12)2-3-11(16)13(14)17/h2-3,9,12H,4-8H2,1H3,(H,18,20)/t12-/m0/s1. The number of rotatable bonds is 2. The SMILES string of the molecule is COC1CCN(C(=O)N[C@H]2COc3c2ccc(Cl)c3Cl)CC1. The van der Waals surface area contributed by atoms with Gasteiger partial charge in [0.25, 0.3) is 0 Å². The average molecular weight is 345 g/mol. The number of carbonyl (C=O) groups is 1. The number of piperidine rings is 1. The molecule has 2 aliphatic rings. The number of hydrogen-bond acceptors (Lipinski definition) is 3. The maximum Gasteiger partial charge on any atom is 0.318 e. The third kappa shape index (κ3) is 2.98. The summed E-state index contributed by atoms with van der Waals surface area (Å²) in [6, 6.07) is 3.29. The first-order chi connectivity index (χ1) is 10.6. The minimum atomic E-state index is -0.197. The molecule has 7 heteroatoms. The van der Waals surface area contributed by atoms with Gasteiger partial charge in [0.2, 0.25) is 0 Å². The highest BCUT2D eigenvalue weighted by atomic mass is 35.5. The minimum absolute atomic E-state index is 0.0814. The van der Waals surface area contributed by atoms with Crippen molar-refractivity contribution < 1.29 is 14.3 Å². The number of methoxy groups -OCH3 is 1. The number of fused-ring (bicyclic) bond motifs is 1. The summed E-state index contributed by atoms with van der Waals surface area (Å²) in [6.45, 7) is 1.77. The second-order valence-electron chi connectivity index (χ2n) is 5.51. The van der Waals surface area contributed by atoms with E-state index in [0.29, 0.717) is 35.5 Å². The Labute approximate surface area is 139 Å². The molecule has 0 aliphatic carbocycles. The third-order valence-electron chi connectivity index (χ3n) is 4.21. The zero-order chi connectivity index (χ0) is 15.7. The number of benzene rings is 1. The fraction of sp³-hybridized carbons (Fsp3) is 0.533. The molecule has 1 N–H and O–H groups in total. The van der Waals surface area contributed by atoms with E-state index in [1.165, 1.54) is 0 Å². The Balaban J connectivity index is 1.64. The third-order valence-corrected chi connectivity index (χ3v) is 5.00. The highest BCUT2D eigenvalue weighted by Crippen LogP contribution is 2.42. The van der Waals surface area contributed by atoms with E-state index in [4.69, 9.17) is 32.7 Å². The van der Waals surface area contributed by atoms with Gasteiger partial charge in [-0.05, 0) is 18.9 Å². The monoisotopic (exact) mass is 344 g/mol. The average Bonchev–Trinajstić information content (AvgIpc) is 2.94. The van der Waals surface area contributed by atoms with Crippen LogP contribution < -0.4 is 10.1 Å². The first-order valence-corrected chi connectivity index (χ1v) is 8.04. The molecule has 0 aromatic heterocycles. The Morgan fingerprint density at radius 3 is 2.77 bits per heavy atom. The summed E-state index contributed by atoms with van der Waals surface area (Å²) in [6.07, 6.45) is 1.98. The molecule has 120 valence electrons. The lowest BCUT2D eigenvalue weighted by molar-refractivity contribution is 0.0498. The van der Waals surface area contributed by atoms with E-state index in [9.17, 15) is 4.79 Å². The Hall–Kier alpha value is -1.17.